The smallest absolute Gasteiger partial charge is 0.267 e. The van der Waals surface area contributed by atoms with E-state index in [1.807, 2.05) is 12.1 Å². The van der Waals surface area contributed by atoms with E-state index >= 15 is 0 Å². The molecule has 1 aliphatic heterocycles. The van der Waals surface area contributed by atoms with Crippen molar-refractivity contribution in [2.75, 3.05) is 13.1 Å². The number of rotatable bonds is 6. The van der Waals surface area contributed by atoms with E-state index in [1.54, 1.807) is 11.6 Å². The van der Waals surface area contributed by atoms with Crippen LogP contribution in [0.5, 0.6) is 0 Å². The number of nitrogens with zero attached hydrogens (tertiary/aromatic N) is 2. The topological polar surface area (TPSA) is 55.8 Å². The van der Waals surface area contributed by atoms with E-state index in [0.29, 0.717) is 12.1 Å². The van der Waals surface area contributed by atoms with Crippen LogP contribution in [-0.4, -0.2) is 46.1 Å². The van der Waals surface area contributed by atoms with Crippen molar-refractivity contribution in [2.24, 2.45) is 0 Å². The van der Waals surface area contributed by atoms with Gasteiger partial charge in [-0.3, -0.25) is 19.8 Å². The number of amides is 1. The van der Waals surface area contributed by atoms with Gasteiger partial charge in [0.1, 0.15) is 0 Å². The number of hydrogen-bond acceptors (Lipinski definition) is 4. The van der Waals surface area contributed by atoms with Gasteiger partial charge in [0.2, 0.25) is 0 Å². The number of carbonyl (C=O) groups excluding carboxylic acids is 1. The van der Waals surface area contributed by atoms with Crippen molar-refractivity contribution in [3.05, 3.63) is 77.4 Å². The van der Waals surface area contributed by atoms with E-state index in [-0.39, 0.29) is 0 Å². The van der Waals surface area contributed by atoms with Crippen molar-refractivity contribution in [1.29, 1.82) is 0 Å². The molecule has 0 saturated carbocycles. The van der Waals surface area contributed by atoms with Crippen LogP contribution in [-0.2, 0) is 17.9 Å². The number of piperazine rings is 1. The maximum atomic E-state index is 11.1. The fourth-order valence-corrected chi connectivity index (χ4v) is 3.90. The molecule has 2 aromatic carbocycles. The summed E-state index contributed by atoms with van der Waals surface area (Å²) in [6.07, 6.45) is 2.99. The van der Waals surface area contributed by atoms with Crippen LogP contribution < -0.4 is 5.48 Å². The van der Waals surface area contributed by atoms with E-state index in [1.165, 1.54) is 17.2 Å². The molecule has 0 aliphatic carbocycles. The normalized spacial score (nSPS) is 21.1. The predicted octanol–water partition coefficient (Wildman–Crippen LogP) is 3.30. The van der Waals surface area contributed by atoms with Gasteiger partial charge in [0.05, 0.1) is 0 Å². The third-order valence-electron chi connectivity index (χ3n) is 5.31. The number of carbonyl (C=O) groups is 1. The Morgan fingerprint density at radius 1 is 1.00 bits per heavy atom. The maximum absolute atomic E-state index is 11.1. The quantitative estimate of drug-likeness (QED) is 0.459. The summed E-state index contributed by atoms with van der Waals surface area (Å²) < 4.78 is 0. The first-order valence-corrected chi connectivity index (χ1v) is 9.78. The van der Waals surface area contributed by atoms with Crippen LogP contribution >= 0.6 is 0 Å². The van der Waals surface area contributed by atoms with Crippen molar-refractivity contribution >= 4 is 12.0 Å². The summed E-state index contributed by atoms with van der Waals surface area (Å²) in [6.45, 7) is 8.65. The molecule has 0 bridgehead atoms. The summed E-state index contributed by atoms with van der Waals surface area (Å²) in [5, 5.41) is 8.52. The zero-order valence-electron chi connectivity index (χ0n) is 16.6. The van der Waals surface area contributed by atoms with Crippen LogP contribution in [0.15, 0.2) is 60.7 Å². The van der Waals surface area contributed by atoms with Gasteiger partial charge in [-0.15, -0.1) is 0 Å². The molecule has 1 aliphatic rings. The molecule has 0 aromatic heterocycles. The van der Waals surface area contributed by atoms with Crippen LogP contribution in [0, 0.1) is 0 Å². The van der Waals surface area contributed by atoms with Crippen molar-refractivity contribution in [3.8, 4) is 0 Å². The Morgan fingerprint density at radius 3 is 2.21 bits per heavy atom. The lowest BCUT2D eigenvalue weighted by Crippen LogP contribution is -2.55. The van der Waals surface area contributed by atoms with Gasteiger partial charge in [-0.25, -0.2) is 5.48 Å². The molecular formula is C23H29N3O2. The van der Waals surface area contributed by atoms with Crippen molar-refractivity contribution in [2.45, 2.75) is 39.0 Å². The third-order valence-corrected chi connectivity index (χ3v) is 5.31. The molecule has 3 rings (SSSR count). The lowest BCUT2D eigenvalue weighted by Gasteiger charge is -2.44. The average molecular weight is 380 g/mol. The Labute approximate surface area is 167 Å². The predicted molar refractivity (Wildman–Crippen MR) is 112 cm³/mol. The lowest BCUT2D eigenvalue weighted by atomic mass is 10.0. The molecule has 2 aromatic rings. The Hall–Kier alpha value is -2.47. The highest BCUT2D eigenvalue weighted by molar-refractivity contribution is 5.90. The highest BCUT2D eigenvalue weighted by Crippen LogP contribution is 2.21. The SMILES string of the molecule is C[C@@H]1CN(Cc2ccc(/C=C/C(=O)NO)cc2)C[C@H](C)N1Cc1ccccc1. The number of nitrogens with one attached hydrogen (secondary N) is 1. The summed E-state index contributed by atoms with van der Waals surface area (Å²) in [5.74, 6) is -0.527. The fraction of sp³-hybridized carbons (Fsp3) is 0.348. The molecule has 5 heteroatoms. The molecule has 2 atom stereocenters. The summed E-state index contributed by atoms with van der Waals surface area (Å²) in [5.41, 5.74) is 5.16. The van der Waals surface area contributed by atoms with Gasteiger partial charge in [0.25, 0.3) is 5.91 Å². The van der Waals surface area contributed by atoms with Gasteiger partial charge in [-0.2, -0.15) is 0 Å². The first kappa shape index (κ1) is 20.3. The summed E-state index contributed by atoms with van der Waals surface area (Å²) in [7, 11) is 0. The minimum absolute atomic E-state index is 0.503. The van der Waals surface area contributed by atoms with Crippen molar-refractivity contribution < 1.29 is 10.0 Å². The zero-order valence-corrected chi connectivity index (χ0v) is 16.6. The Balaban J connectivity index is 1.56. The molecule has 1 heterocycles. The zero-order chi connectivity index (χ0) is 19.9. The molecule has 0 unspecified atom stereocenters. The van der Waals surface area contributed by atoms with Crippen molar-refractivity contribution in [3.63, 3.8) is 0 Å². The van der Waals surface area contributed by atoms with Gasteiger partial charge >= 0.3 is 0 Å². The standard InChI is InChI=1S/C23H29N3O2/c1-18-14-25(15-19(2)26(18)17-21-6-4-3-5-7-21)16-22-10-8-20(9-11-22)12-13-23(27)24-28/h3-13,18-19,28H,14-17H2,1-2H3,(H,24,27)/b13-12+/t18-,19+. The highest BCUT2D eigenvalue weighted by atomic mass is 16.5. The van der Waals surface area contributed by atoms with Crippen molar-refractivity contribution in [1.82, 2.24) is 15.3 Å². The Bertz CT molecular complexity index is 777. The van der Waals surface area contributed by atoms with E-state index in [0.717, 1.165) is 31.7 Å². The molecule has 1 saturated heterocycles. The third kappa shape index (κ3) is 5.52. The Morgan fingerprint density at radius 2 is 1.61 bits per heavy atom. The lowest BCUT2D eigenvalue weighted by molar-refractivity contribution is -0.124. The first-order chi connectivity index (χ1) is 13.5. The van der Waals surface area contributed by atoms with Crippen LogP contribution in [0.3, 0.4) is 0 Å². The van der Waals surface area contributed by atoms with Crippen LogP contribution in [0.2, 0.25) is 0 Å². The molecular weight excluding hydrogens is 350 g/mol. The molecule has 0 spiro atoms. The van der Waals surface area contributed by atoms with Crippen LogP contribution in [0.4, 0.5) is 0 Å². The van der Waals surface area contributed by atoms with Gasteiger partial charge in [0.15, 0.2) is 0 Å². The monoisotopic (exact) mass is 379 g/mol. The molecule has 1 amide bonds. The van der Waals surface area contributed by atoms with E-state index in [2.05, 4.69) is 66.1 Å². The van der Waals surface area contributed by atoms with Crippen LogP contribution in [0.1, 0.15) is 30.5 Å². The molecule has 0 radical (unpaired) electrons. The molecule has 5 nitrogen and oxygen atoms in total. The summed E-state index contributed by atoms with van der Waals surface area (Å²) in [4.78, 5) is 16.2. The molecule has 2 N–H and O–H groups in total. The minimum Gasteiger partial charge on any atom is -0.296 e. The van der Waals surface area contributed by atoms with Gasteiger partial charge in [-0.1, -0.05) is 54.6 Å². The second kappa shape index (κ2) is 9.64. The van der Waals surface area contributed by atoms with E-state index < -0.39 is 5.91 Å². The second-order valence-electron chi connectivity index (χ2n) is 7.60. The number of benzene rings is 2. The highest BCUT2D eigenvalue weighted by Gasteiger charge is 2.29. The van der Waals surface area contributed by atoms with Gasteiger partial charge < -0.3 is 0 Å². The minimum atomic E-state index is -0.527. The molecule has 28 heavy (non-hydrogen) atoms. The summed E-state index contributed by atoms with van der Waals surface area (Å²) in [6, 6.07) is 19.9. The Kier molecular flexibility index (Phi) is 6.98. The second-order valence-corrected chi connectivity index (χ2v) is 7.60. The fourth-order valence-electron chi connectivity index (χ4n) is 3.90. The van der Waals surface area contributed by atoms with E-state index in [4.69, 9.17) is 5.21 Å². The number of hydroxylamine groups is 1. The van der Waals surface area contributed by atoms with E-state index in [9.17, 15) is 4.79 Å². The van der Waals surface area contributed by atoms with Gasteiger partial charge in [0, 0.05) is 44.3 Å². The van der Waals surface area contributed by atoms with Crippen LogP contribution in [0.25, 0.3) is 6.08 Å². The first-order valence-electron chi connectivity index (χ1n) is 9.78. The van der Waals surface area contributed by atoms with Gasteiger partial charge in [-0.05, 0) is 36.6 Å². The molecule has 1 fully saturated rings. The molecule has 148 valence electrons. The largest absolute Gasteiger partial charge is 0.296 e. The summed E-state index contributed by atoms with van der Waals surface area (Å²) >= 11 is 0. The average Bonchev–Trinajstić information content (AvgIpc) is 2.71. The maximum Gasteiger partial charge on any atom is 0.267 e. The number of hydrogen-bond donors (Lipinski definition) is 2.